The molecule has 8 heteroatoms. The van der Waals surface area contributed by atoms with Gasteiger partial charge in [0.15, 0.2) is 0 Å². The summed E-state index contributed by atoms with van der Waals surface area (Å²) in [7, 11) is 0. The number of rotatable bonds is 3. The molecule has 0 spiro atoms. The van der Waals surface area contributed by atoms with Crippen LogP contribution in [0, 0.1) is 0 Å². The molecule has 0 heterocycles. The Labute approximate surface area is 158 Å². The Morgan fingerprint density at radius 1 is 0.923 bits per heavy atom. The van der Waals surface area contributed by atoms with Crippen LogP contribution in [-0.2, 0) is 28.7 Å². The van der Waals surface area contributed by atoms with Crippen molar-refractivity contribution in [3.8, 4) is 0 Å². The highest BCUT2D eigenvalue weighted by molar-refractivity contribution is 9.10. The normalized spacial score (nSPS) is 10.3. The van der Waals surface area contributed by atoms with Gasteiger partial charge in [0, 0.05) is 4.47 Å². The second-order valence-corrected chi connectivity index (χ2v) is 5.89. The SMILES string of the molecule is CCOC(=O)C(=O)N(C(=O)C(=O)OCC)c1cc(Br)c2ccccc2c1. The number of amides is 2. The first-order valence-electron chi connectivity index (χ1n) is 7.81. The van der Waals surface area contributed by atoms with Crippen LogP contribution >= 0.6 is 15.9 Å². The largest absolute Gasteiger partial charge is 0.459 e. The number of carbonyl (C=O) groups excluding carboxylic acids is 4. The first-order chi connectivity index (χ1) is 12.4. The Balaban J connectivity index is 2.56. The molecule has 0 N–H and O–H groups in total. The molecule has 0 unspecified atom stereocenters. The number of anilines is 1. The third kappa shape index (κ3) is 4.08. The average molecular weight is 422 g/mol. The number of halogens is 1. The third-order valence-corrected chi connectivity index (χ3v) is 4.02. The van der Waals surface area contributed by atoms with Crippen LogP contribution in [0.3, 0.4) is 0 Å². The first kappa shape index (κ1) is 19.6. The van der Waals surface area contributed by atoms with E-state index in [1.807, 2.05) is 12.1 Å². The molecule has 0 aliphatic rings. The molecule has 2 amide bonds. The Kier molecular flexibility index (Phi) is 6.46. The molecule has 2 rings (SSSR count). The summed E-state index contributed by atoms with van der Waals surface area (Å²) in [6, 6.07) is 10.2. The zero-order valence-electron chi connectivity index (χ0n) is 14.2. The lowest BCUT2D eigenvalue weighted by molar-refractivity contribution is -0.157. The van der Waals surface area contributed by atoms with Crippen LogP contribution in [0.5, 0.6) is 0 Å². The summed E-state index contributed by atoms with van der Waals surface area (Å²) in [5.41, 5.74) is 0.0479. The van der Waals surface area contributed by atoms with Gasteiger partial charge in [0.05, 0.1) is 18.9 Å². The molecule has 0 radical (unpaired) electrons. The van der Waals surface area contributed by atoms with E-state index in [0.717, 1.165) is 5.39 Å². The van der Waals surface area contributed by atoms with Crippen LogP contribution in [-0.4, -0.2) is 37.0 Å². The van der Waals surface area contributed by atoms with Gasteiger partial charge in [-0.2, -0.15) is 0 Å². The van der Waals surface area contributed by atoms with E-state index in [4.69, 9.17) is 0 Å². The van der Waals surface area contributed by atoms with Gasteiger partial charge in [0.2, 0.25) is 0 Å². The van der Waals surface area contributed by atoms with Crippen molar-refractivity contribution < 1.29 is 28.7 Å². The van der Waals surface area contributed by atoms with Crippen molar-refractivity contribution in [2.45, 2.75) is 13.8 Å². The van der Waals surface area contributed by atoms with E-state index in [2.05, 4.69) is 25.4 Å². The zero-order valence-corrected chi connectivity index (χ0v) is 15.7. The Morgan fingerprint density at radius 3 is 2.00 bits per heavy atom. The lowest BCUT2D eigenvalue weighted by Crippen LogP contribution is -2.46. The summed E-state index contributed by atoms with van der Waals surface area (Å²) >= 11 is 3.37. The molecule has 0 aliphatic carbocycles. The van der Waals surface area contributed by atoms with Gasteiger partial charge in [0.25, 0.3) is 0 Å². The molecule has 0 aliphatic heterocycles. The van der Waals surface area contributed by atoms with Gasteiger partial charge in [0.1, 0.15) is 0 Å². The fourth-order valence-corrected chi connectivity index (χ4v) is 2.87. The average Bonchev–Trinajstić information content (AvgIpc) is 2.62. The van der Waals surface area contributed by atoms with Crippen LogP contribution in [0.25, 0.3) is 10.8 Å². The fourth-order valence-electron chi connectivity index (χ4n) is 2.27. The molecule has 2 aromatic rings. The molecule has 0 bridgehead atoms. The smallest absolute Gasteiger partial charge is 0.397 e. The van der Waals surface area contributed by atoms with Gasteiger partial charge in [-0.1, -0.05) is 40.2 Å². The fraction of sp³-hybridized carbons (Fsp3) is 0.222. The minimum absolute atomic E-state index is 0.0479. The lowest BCUT2D eigenvalue weighted by atomic mass is 10.1. The van der Waals surface area contributed by atoms with Gasteiger partial charge in [-0.3, -0.25) is 9.59 Å². The standard InChI is InChI=1S/C18H16BrNO6/c1-3-25-17(23)15(21)20(16(22)18(24)26-4-2)12-9-11-7-5-6-8-13(11)14(19)10-12/h5-10H,3-4H2,1-2H3. The molecule has 0 fully saturated rings. The van der Waals surface area contributed by atoms with Crippen LogP contribution in [0.15, 0.2) is 40.9 Å². The van der Waals surface area contributed by atoms with Crippen molar-refractivity contribution in [2.75, 3.05) is 18.1 Å². The van der Waals surface area contributed by atoms with E-state index >= 15 is 0 Å². The van der Waals surface area contributed by atoms with Crippen LogP contribution in [0.1, 0.15) is 13.8 Å². The molecule has 136 valence electrons. The minimum atomic E-state index is -1.27. The Bertz CT molecular complexity index is 849. The third-order valence-electron chi connectivity index (χ3n) is 3.36. The predicted molar refractivity (Wildman–Crippen MR) is 97.4 cm³/mol. The number of carbonyl (C=O) groups is 4. The lowest BCUT2D eigenvalue weighted by Gasteiger charge is -2.20. The molecule has 0 saturated carbocycles. The van der Waals surface area contributed by atoms with E-state index in [1.165, 1.54) is 26.0 Å². The molecular formula is C18H16BrNO6. The first-order valence-corrected chi connectivity index (χ1v) is 8.60. The van der Waals surface area contributed by atoms with Crippen molar-refractivity contribution in [2.24, 2.45) is 0 Å². The number of imide groups is 1. The zero-order chi connectivity index (χ0) is 19.3. The van der Waals surface area contributed by atoms with Crippen LogP contribution < -0.4 is 4.90 Å². The van der Waals surface area contributed by atoms with Crippen molar-refractivity contribution in [3.05, 3.63) is 40.9 Å². The molecule has 0 saturated heterocycles. The van der Waals surface area contributed by atoms with E-state index in [1.54, 1.807) is 12.1 Å². The molecular weight excluding hydrogens is 406 g/mol. The van der Waals surface area contributed by atoms with E-state index in [-0.39, 0.29) is 18.9 Å². The van der Waals surface area contributed by atoms with Crippen LogP contribution in [0.4, 0.5) is 5.69 Å². The number of benzene rings is 2. The molecule has 26 heavy (non-hydrogen) atoms. The maximum atomic E-state index is 12.4. The Morgan fingerprint density at radius 2 is 1.46 bits per heavy atom. The van der Waals surface area contributed by atoms with Gasteiger partial charge in [-0.05, 0) is 36.8 Å². The topological polar surface area (TPSA) is 90.0 Å². The summed E-state index contributed by atoms with van der Waals surface area (Å²) in [5.74, 6) is -5.02. The summed E-state index contributed by atoms with van der Waals surface area (Å²) in [4.78, 5) is 49.1. The van der Waals surface area contributed by atoms with E-state index < -0.39 is 23.8 Å². The summed E-state index contributed by atoms with van der Waals surface area (Å²) in [6.07, 6.45) is 0. The molecule has 0 aromatic heterocycles. The number of ether oxygens (including phenoxy) is 2. The van der Waals surface area contributed by atoms with Gasteiger partial charge >= 0.3 is 23.8 Å². The second-order valence-electron chi connectivity index (χ2n) is 5.04. The highest BCUT2D eigenvalue weighted by Crippen LogP contribution is 2.30. The highest BCUT2D eigenvalue weighted by Gasteiger charge is 2.35. The summed E-state index contributed by atoms with van der Waals surface area (Å²) in [5, 5.41) is 1.54. The molecule has 7 nitrogen and oxygen atoms in total. The maximum Gasteiger partial charge on any atom is 0.397 e. The van der Waals surface area contributed by atoms with Crippen LogP contribution in [0.2, 0.25) is 0 Å². The molecule has 0 atom stereocenters. The quantitative estimate of drug-likeness (QED) is 0.558. The predicted octanol–water partition coefficient (Wildman–Crippen LogP) is 2.59. The number of nitrogens with zero attached hydrogens (tertiary/aromatic N) is 1. The summed E-state index contributed by atoms with van der Waals surface area (Å²) in [6.45, 7) is 2.95. The van der Waals surface area contributed by atoms with E-state index in [0.29, 0.717) is 14.8 Å². The Hall–Kier alpha value is -2.74. The number of fused-ring (bicyclic) bond motifs is 1. The highest BCUT2D eigenvalue weighted by atomic mass is 79.9. The van der Waals surface area contributed by atoms with Gasteiger partial charge in [-0.25, -0.2) is 14.5 Å². The number of hydrogen-bond donors (Lipinski definition) is 0. The van der Waals surface area contributed by atoms with Crippen molar-refractivity contribution >= 4 is 56.1 Å². The monoisotopic (exact) mass is 421 g/mol. The van der Waals surface area contributed by atoms with Crippen molar-refractivity contribution in [1.29, 1.82) is 0 Å². The van der Waals surface area contributed by atoms with Crippen molar-refractivity contribution in [1.82, 2.24) is 0 Å². The maximum absolute atomic E-state index is 12.4. The van der Waals surface area contributed by atoms with Gasteiger partial charge < -0.3 is 9.47 Å². The number of esters is 2. The molecule has 2 aromatic carbocycles. The summed E-state index contributed by atoms with van der Waals surface area (Å²) < 4.78 is 9.92. The van der Waals surface area contributed by atoms with E-state index in [9.17, 15) is 19.2 Å². The van der Waals surface area contributed by atoms with Gasteiger partial charge in [-0.15, -0.1) is 0 Å². The van der Waals surface area contributed by atoms with Crippen molar-refractivity contribution in [3.63, 3.8) is 0 Å². The minimum Gasteiger partial charge on any atom is -0.459 e. The number of hydrogen-bond acceptors (Lipinski definition) is 6. The second kappa shape index (κ2) is 8.57.